The summed E-state index contributed by atoms with van der Waals surface area (Å²) in [5.41, 5.74) is -0.698. The molecule has 7 heteroatoms. The van der Waals surface area contributed by atoms with E-state index in [9.17, 15) is 14.9 Å². The molecule has 0 saturated carbocycles. The van der Waals surface area contributed by atoms with Crippen molar-refractivity contribution < 1.29 is 19.6 Å². The predicted octanol–water partition coefficient (Wildman–Crippen LogP) is 2.13. The van der Waals surface area contributed by atoms with Crippen LogP contribution in [0.5, 0.6) is 0 Å². The van der Waals surface area contributed by atoms with Crippen LogP contribution in [0.4, 0.5) is 11.4 Å². The minimum atomic E-state index is -1.33. The zero-order valence-corrected chi connectivity index (χ0v) is 11.0. The van der Waals surface area contributed by atoms with Gasteiger partial charge >= 0.3 is 5.97 Å². The fraction of sp³-hybridized carbons (Fsp3) is 0.417. The standard InChI is InChI=1S/C12H16N2O5/c1-12(2,7-19-3)13-8-4-5-10(14(17)18)9(6-8)11(15)16/h4-6,13H,7H2,1-3H3,(H,15,16). The number of hydrogen-bond acceptors (Lipinski definition) is 5. The lowest BCUT2D eigenvalue weighted by molar-refractivity contribution is -0.385. The van der Waals surface area contributed by atoms with Gasteiger partial charge in [-0.15, -0.1) is 0 Å². The molecular formula is C12H16N2O5. The van der Waals surface area contributed by atoms with Gasteiger partial charge in [0, 0.05) is 18.9 Å². The van der Waals surface area contributed by atoms with Gasteiger partial charge in [-0.3, -0.25) is 10.1 Å². The van der Waals surface area contributed by atoms with Crippen molar-refractivity contribution in [1.29, 1.82) is 0 Å². The molecule has 1 aromatic rings. The van der Waals surface area contributed by atoms with Crippen LogP contribution in [0.3, 0.4) is 0 Å². The fourth-order valence-electron chi connectivity index (χ4n) is 1.73. The first-order valence-corrected chi connectivity index (χ1v) is 5.55. The van der Waals surface area contributed by atoms with Gasteiger partial charge in [0.1, 0.15) is 5.56 Å². The minimum absolute atomic E-state index is 0.344. The second-order valence-corrected chi connectivity index (χ2v) is 4.74. The summed E-state index contributed by atoms with van der Waals surface area (Å²) >= 11 is 0. The number of carboxylic acid groups (broad SMARTS) is 1. The highest BCUT2D eigenvalue weighted by molar-refractivity contribution is 5.93. The molecule has 104 valence electrons. The van der Waals surface area contributed by atoms with Crippen LogP contribution in [-0.2, 0) is 4.74 Å². The number of carboxylic acids is 1. The van der Waals surface area contributed by atoms with Crippen LogP contribution < -0.4 is 5.32 Å². The first-order chi connectivity index (χ1) is 8.76. The normalized spacial score (nSPS) is 11.1. The summed E-state index contributed by atoms with van der Waals surface area (Å²) in [6, 6.07) is 3.90. The van der Waals surface area contributed by atoms with Crippen molar-refractivity contribution in [3.05, 3.63) is 33.9 Å². The van der Waals surface area contributed by atoms with E-state index in [0.29, 0.717) is 12.3 Å². The van der Waals surface area contributed by atoms with Crippen LogP contribution in [-0.4, -0.2) is 35.3 Å². The molecule has 2 N–H and O–H groups in total. The highest BCUT2D eigenvalue weighted by Gasteiger charge is 2.22. The molecule has 0 spiro atoms. The van der Waals surface area contributed by atoms with Gasteiger partial charge in [0.05, 0.1) is 17.1 Å². The number of methoxy groups -OCH3 is 1. The van der Waals surface area contributed by atoms with Crippen LogP contribution in [0.1, 0.15) is 24.2 Å². The number of benzene rings is 1. The number of nitro groups is 1. The molecule has 1 rings (SSSR count). The van der Waals surface area contributed by atoms with Crippen molar-refractivity contribution in [1.82, 2.24) is 0 Å². The molecule has 0 heterocycles. The summed E-state index contributed by atoms with van der Waals surface area (Å²) in [6.07, 6.45) is 0. The molecule has 19 heavy (non-hydrogen) atoms. The molecule has 0 amide bonds. The first kappa shape index (κ1) is 14.9. The topological polar surface area (TPSA) is 102 Å². The van der Waals surface area contributed by atoms with Gasteiger partial charge in [0.2, 0.25) is 0 Å². The number of hydrogen-bond donors (Lipinski definition) is 2. The predicted molar refractivity (Wildman–Crippen MR) is 69.6 cm³/mol. The summed E-state index contributed by atoms with van der Waals surface area (Å²) in [4.78, 5) is 21.0. The van der Waals surface area contributed by atoms with Crippen LogP contribution >= 0.6 is 0 Å². The number of anilines is 1. The molecule has 0 fully saturated rings. The number of nitrogens with one attached hydrogen (secondary N) is 1. The van der Waals surface area contributed by atoms with Crippen molar-refractivity contribution in [3.63, 3.8) is 0 Å². The second-order valence-electron chi connectivity index (χ2n) is 4.74. The Kier molecular flexibility index (Phi) is 4.44. The Hall–Kier alpha value is -2.15. The van der Waals surface area contributed by atoms with E-state index in [1.807, 2.05) is 13.8 Å². The van der Waals surface area contributed by atoms with E-state index < -0.39 is 22.1 Å². The van der Waals surface area contributed by atoms with E-state index >= 15 is 0 Å². The Morgan fingerprint density at radius 2 is 2.16 bits per heavy atom. The molecule has 7 nitrogen and oxygen atoms in total. The molecule has 0 aliphatic carbocycles. The third-order valence-electron chi connectivity index (χ3n) is 2.41. The lowest BCUT2D eigenvalue weighted by Gasteiger charge is -2.26. The highest BCUT2D eigenvalue weighted by atomic mass is 16.6. The van der Waals surface area contributed by atoms with E-state index in [2.05, 4.69) is 5.32 Å². The molecule has 0 bridgehead atoms. The average molecular weight is 268 g/mol. The SMILES string of the molecule is COCC(C)(C)Nc1ccc([N+](=O)[O-])c(C(=O)O)c1. The van der Waals surface area contributed by atoms with Crippen molar-refractivity contribution >= 4 is 17.3 Å². The van der Waals surface area contributed by atoms with Gasteiger partial charge < -0.3 is 15.2 Å². The summed E-state index contributed by atoms with van der Waals surface area (Å²) in [7, 11) is 1.56. The van der Waals surface area contributed by atoms with Crippen molar-refractivity contribution in [2.45, 2.75) is 19.4 Å². The molecule has 0 aliphatic rings. The molecule has 0 saturated heterocycles. The van der Waals surface area contributed by atoms with Crippen LogP contribution in [0.25, 0.3) is 0 Å². The van der Waals surface area contributed by atoms with Crippen LogP contribution in [0.15, 0.2) is 18.2 Å². The van der Waals surface area contributed by atoms with E-state index in [-0.39, 0.29) is 5.56 Å². The van der Waals surface area contributed by atoms with Crippen molar-refractivity contribution in [2.24, 2.45) is 0 Å². The van der Waals surface area contributed by atoms with Crippen LogP contribution in [0.2, 0.25) is 0 Å². The maximum absolute atomic E-state index is 11.0. The third-order valence-corrected chi connectivity index (χ3v) is 2.41. The largest absolute Gasteiger partial charge is 0.477 e. The minimum Gasteiger partial charge on any atom is -0.477 e. The lowest BCUT2D eigenvalue weighted by atomic mass is 10.1. The Balaban J connectivity index is 3.09. The number of aromatic carboxylic acids is 1. The monoisotopic (exact) mass is 268 g/mol. The Bertz CT molecular complexity index is 499. The number of ether oxygens (including phenoxy) is 1. The van der Waals surface area contributed by atoms with Crippen molar-refractivity contribution in [3.8, 4) is 0 Å². The molecule has 1 aromatic carbocycles. The lowest BCUT2D eigenvalue weighted by Crippen LogP contribution is -2.35. The molecule has 0 aliphatic heterocycles. The second kappa shape index (κ2) is 5.66. The highest BCUT2D eigenvalue weighted by Crippen LogP contribution is 2.24. The quantitative estimate of drug-likeness (QED) is 0.605. The molecule has 0 aromatic heterocycles. The van der Waals surface area contributed by atoms with Crippen LogP contribution in [0, 0.1) is 10.1 Å². The van der Waals surface area contributed by atoms with E-state index in [4.69, 9.17) is 9.84 Å². The molecular weight excluding hydrogens is 252 g/mol. The molecule has 0 atom stereocenters. The number of rotatable bonds is 6. The van der Waals surface area contributed by atoms with E-state index in [1.165, 1.54) is 18.2 Å². The zero-order chi connectivity index (χ0) is 14.6. The summed E-state index contributed by atoms with van der Waals surface area (Å²) in [5.74, 6) is -1.33. The van der Waals surface area contributed by atoms with E-state index in [1.54, 1.807) is 7.11 Å². The molecule has 0 unspecified atom stereocenters. The summed E-state index contributed by atoms with van der Waals surface area (Å²) in [6.45, 7) is 4.16. The van der Waals surface area contributed by atoms with E-state index in [0.717, 1.165) is 0 Å². The van der Waals surface area contributed by atoms with Gasteiger partial charge in [-0.2, -0.15) is 0 Å². The Morgan fingerprint density at radius 3 is 2.63 bits per heavy atom. The molecule has 0 radical (unpaired) electrons. The Labute approximate surface area is 110 Å². The number of nitro benzene ring substituents is 1. The van der Waals surface area contributed by atoms with Gasteiger partial charge in [0.25, 0.3) is 5.69 Å². The number of carbonyl (C=O) groups is 1. The maximum Gasteiger partial charge on any atom is 0.342 e. The summed E-state index contributed by atoms with van der Waals surface area (Å²) in [5, 5.41) is 22.8. The van der Waals surface area contributed by atoms with Gasteiger partial charge in [-0.25, -0.2) is 4.79 Å². The number of nitrogens with zero attached hydrogens (tertiary/aromatic N) is 1. The zero-order valence-electron chi connectivity index (χ0n) is 11.0. The third kappa shape index (κ3) is 3.92. The van der Waals surface area contributed by atoms with Crippen molar-refractivity contribution in [2.75, 3.05) is 19.0 Å². The average Bonchev–Trinajstić information content (AvgIpc) is 2.27. The fourth-order valence-corrected chi connectivity index (χ4v) is 1.73. The van der Waals surface area contributed by atoms with Gasteiger partial charge in [0.15, 0.2) is 0 Å². The maximum atomic E-state index is 11.0. The first-order valence-electron chi connectivity index (χ1n) is 5.55. The summed E-state index contributed by atoms with van der Waals surface area (Å²) < 4.78 is 5.03. The Morgan fingerprint density at radius 1 is 1.53 bits per heavy atom. The smallest absolute Gasteiger partial charge is 0.342 e. The van der Waals surface area contributed by atoms with Gasteiger partial charge in [-0.05, 0) is 26.0 Å². The van der Waals surface area contributed by atoms with Gasteiger partial charge in [-0.1, -0.05) is 0 Å².